The number of unbranched alkanes of at least 4 members (excludes halogenated alkanes) is 1. The molecule has 1 heterocycles. The highest BCUT2D eigenvalue weighted by molar-refractivity contribution is 4.89. The summed E-state index contributed by atoms with van der Waals surface area (Å²) in [4.78, 5) is 0. The van der Waals surface area contributed by atoms with Gasteiger partial charge in [-0.1, -0.05) is 38.3 Å². The summed E-state index contributed by atoms with van der Waals surface area (Å²) in [6.07, 6.45) is 6.02. The van der Waals surface area contributed by atoms with Crippen molar-refractivity contribution in [1.29, 1.82) is 0 Å². The van der Waals surface area contributed by atoms with Crippen LogP contribution in [0.2, 0.25) is 0 Å². The zero-order valence-electron chi connectivity index (χ0n) is 8.45. The first kappa shape index (κ1) is 10.2. The topological polar surface area (TPSA) is 54.5 Å². The van der Waals surface area contributed by atoms with E-state index in [1.54, 1.807) is 0 Å². The van der Waals surface area contributed by atoms with Crippen LogP contribution in [0.25, 0.3) is 0 Å². The molecule has 0 bridgehead atoms. The Balaban J connectivity index is 2.47. The second-order valence-electron chi connectivity index (χ2n) is 3.40. The lowest BCUT2D eigenvalue weighted by Crippen LogP contribution is -2.01. The highest BCUT2D eigenvalue weighted by Gasteiger charge is 2.13. The molecule has 4 nitrogen and oxygen atoms in total. The van der Waals surface area contributed by atoms with Crippen LogP contribution in [0.1, 0.15) is 57.7 Å². The molecule has 0 aliphatic rings. The lowest BCUT2D eigenvalue weighted by Gasteiger charge is -2.10. The highest BCUT2D eigenvalue weighted by Crippen LogP contribution is 2.22. The number of nitrogens with zero attached hydrogens (tertiary/aromatic N) is 3. The largest absolute Gasteiger partial charge is 0.177 e. The van der Waals surface area contributed by atoms with Gasteiger partial charge in [-0.2, -0.15) is 5.21 Å². The molecule has 1 aromatic rings. The van der Waals surface area contributed by atoms with Crippen molar-refractivity contribution in [1.82, 2.24) is 20.6 Å². The van der Waals surface area contributed by atoms with Crippen LogP contribution in [0.5, 0.6) is 0 Å². The predicted octanol–water partition coefficient (Wildman–Crippen LogP) is 2.27. The number of tetrazole rings is 1. The van der Waals surface area contributed by atoms with E-state index in [2.05, 4.69) is 34.5 Å². The minimum Gasteiger partial charge on any atom is -0.177 e. The number of hydrogen-bond acceptors (Lipinski definition) is 3. The zero-order chi connectivity index (χ0) is 9.52. The number of hydrogen-bond donors (Lipinski definition) is 1. The van der Waals surface area contributed by atoms with Gasteiger partial charge in [-0.15, -0.1) is 10.2 Å². The zero-order valence-corrected chi connectivity index (χ0v) is 8.45. The molecule has 0 aromatic carbocycles. The Morgan fingerprint density at radius 3 is 2.62 bits per heavy atom. The van der Waals surface area contributed by atoms with E-state index in [0.29, 0.717) is 5.92 Å². The quantitative estimate of drug-likeness (QED) is 0.734. The van der Waals surface area contributed by atoms with Gasteiger partial charge in [0.25, 0.3) is 0 Å². The second-order valence-corrected chi connectivity index (χ2v) is 3.40. The number of aromatic nitrogens is 4. The fourth-order valence-corrected chi connectivity index (χ4v) is 1.54. The Morgan fingerprint density at radius 1 is 1.23 bits per heavy atom. The van der Waals surface area contributed by atoms with E-state index in [1.807, 2.05) is 0 Å². The molecule has 1 unspecified atom stereocenters. The molecule has 4 heteroatoms. The van der Waals surface area contributed by atoms with E-state index in [1.165, 1.54) is 32.1 Å². The van der Waals surface area contributed by atoms with Crippen molar-refractivity contribution >= 4 is 0 Å². The summed E-state index contributed by atoms with van der Waals surface area (Å²) in [5, 5.41) is 14.2. The summed E-state index contributed by atoms with van der Waals surface area (Å²) in [5.74, 6) is 1.39. The average Bonchev–Trinajstić information content (AvgIpc) is 2.65. The molecule has 0 fully saturated rings. The van der Waals surface area contributed by atoms with Gasteiger partial charge in [0.05, 0.1) is 0 Å². The summed E-state index contributed by atoms with van der Waals surface area (Å²) < 4.78 is 0. The van der Waals surface area contributed by atoms with Crippen LogP contribution in [0.15, 0.2) is 0 Å². The van der Waals surface area contributed by atoms with Crippen LogP contribution in [-0.2, 0) is 0 Å². The Hall–Kier alpha value is -0.930. The molecule has 1 rings (SSSR count). The molecule has 0 aliphatic heterocycles. The summed E-state index contributed by atoms with van der Waals surface area (Å²) in [6, 6.07) is 0. The van der Waals surface area contributed by atoms with Gasteiger partial charge in [-0.25, -0.2) is 0 Å². The Bertz CT molecular complexity index is 207. The first-order valence-corrected chi connectivity index (χ1v) is 5.11. The Kier molecular flexibility index (Phi) is 4.43. The third kappa shape index (κ3) is 3.13. The molecular formula is C9H18N4. The van der Waals surface area contributed by atoms with E-state index < -0.39 is 0 Å². The predicted molar refractivity (Wildman–Crippen MR) is 51.4 cm³/mol. The number of nitrogens with one attached hydrogen (secondary N) is 1. The van der Waals surface area contributed by atoms with Crippen molar-refractivity contribution in [3.8, 4) is 0 Å². The van der Waals surface area contributed by atoms with Crippen molar-refractivity contribution in [3.63, 3.8) is 0 Å². The third-order valence-electron chi connectivity index (χ3n) is 2.27. The second kappa shape index (κ2) is 5.67. The standard InChI is InChI=1S/C9H18N4/c1-3-5-7-8(6-4-2)9-10-12-13-11-9/h8H,3-7H2,1-2H3,(H,10,11,12,13). The van der Waals surface area contributed by atoms with Crippen molar-refractivity contribution in [2.75, 3.05) is 0 Å². The van der Waals surface area contributed by atoms with E-state index in [9.17, 15) is 0 Å². The van der Waals surface area contributed by atoms with E-state index in [4.69, 9.17) is 0 Å². The molecule has 0 saturated heterocycles. The van der Waals surface area contributed by atoms with E-state index >= 15 is 0 Å². The summed E-state index contributed by atoms with van der Waals surface area (Å²) in [6.45, 7) is 4.40. The highest BCUT2D eigenvalue weighted by atomic mass is 15.5. The average molecular weight is 182 g/mol. The molecule has 1 aromatic heterocycles. The molecular weight excluding hydrogens is 164 g/mol. The van der Waals surface area contributed by atoms with Crippen LogP contribution in [0, 0.1) is 0 Å². The molecule has 74 valence electrons. The minimum absolute atomic E-state index is 0.503. The van der Waals surface area contributed by atoms with Crippen molar-refractivity contribution in [2.24, 2.45) is 0 Å². The molecule has 13 heavy (non-hydrogen) atoms. The van der Waals surface area contributed by atoms with Gasteiger partial charge in [0.2, 0.25) is 0 Å². The van der Waals surface area contributed by atoms with Gasteiger partial charge < -0.3 is 0 Å². The normalized spacial score (nSPS) is 13.1. The Morgan fingerprint density at radius 2 is 2.08 bits per heavy atom. The molecule has 0 radical (unpaired) electrons. The number of H-pyrrole nitrogens is 1. The SMILES string of the molecule is CCCCC(CCC)c1nn[nH]n1. The van der Waals surface area contributed by atoms with E-state index in [0.717, 1.165) is 5.82 Å². The lowest BCUT2D eigenvalue weighted by atomic mass is 9.97. The van der Waals surface area contributed by atoms with Crippen molar-refractivity contribution in [3.05, 3.63) is 5.82 Å². The smallest absolute Gasteiger partial charge is 0.177 e. The van der Waals surface area contributed by atoms with Crippen LogP contribution in [-0.4, -0.2) is 20.6 Å². The fourth-order valence-electron chi connectivity index (χ4n) is 1.54. The monoisotopic (exact) mass is 182 g/mol. The molecule has 0 spiro atoms. The molecule has 0 saturated carbocycles. The summed E-state index contributed by atoms with van der Waals surface area (Å²) in [7, 11) is 0. The number of rotatable bonds is 6. The first-order valence-electron chi connectivity index (χ1n) is 5.11. The van der Waals surface area contributed by atoms with Gasteiger partial charge in [-0.3, -0.25) is 0 Å². The minimum atomic E-state index is 0.503. The molecule has 0 aliphatic carbocycles. The molecule has 1 atom stereocenters. The summed E-state index contributed by atoms with van der Waals surface area (Å²) in [5.41, 5.74) is 0. The van der Waals surface area contributed by atoms with E-state index in [-0.39, 0.29) is 0 Å². The van der Waals surface area contributed by atoms with Gasteiger partial charge in [0.15, 0.2) is 5.82 Å². The summed E-state index contributed by atoms with van der Waals surface area (Å²) >= 11 is 0. The van der Waals surface area contributed by atoms with Gasteiger partial charge in [0.1, 0.15) is 0 Å². The lowest BCUT2D eigenvalue weighted by molar-refractivity contribution is 0.517. The maximum Gasteiger partial charge on any atom is 0.177 e. The first-order chi connectivity index (χ1) is 6.38. The van der Waals surface area contributed by atoms with Gasteiger partial charge >= 0.3 is 0 Å². The third-order valence-corrected chi connectivity index (χ3v) is 2.27. The van der Waals surface area contributed by atoms with Crippen LogP contribution >= 0.6 is 0 Å². The maximum absolute atomic E-state index is 4.04. The van der Waals surface area contributed by atoms with Crippen LogP contribution in [0.3, 0.4) is 0 Å². The van der Waals surface area contributed by atoms with Gasteiger partial charge in [-0.05, 0) is 12.8 Å². The van der Waals surface area contributed by atoms with Crippen LogP contribution < -0.4 is 0 Å². The van der Waals surface area contributed by atoms with Crippen LogP contribution in [0.4, 0.5) is 0 Å². The fraction of sp³-hybridized carbons (Fsp3) is 0.889. The van der Waals surface area contributed by atoms with Gasteiger partial charge in [0, 0.05) is 5.92 Å². The van der Waals surface area contributed by atoms with Crippen molar-refractivity contribution in [2.45, 2.75) is 51.9 Å². The molecule has 1 N–H and O–H groups in total. The number of aromatic amines is 1. The molecule has 0 amide bonds. The van der Waals surface area contributed by atoms with Crippen molar-refractivity contribution < 1.29 is 0 Å². The Labute approximate surface area is 79.1 Å². The maximum atomic E-state index is 4.04.